The van der Waals surface area contributed by atoms with Crippen molar-refractivity contribution in [2.24, 2.45) is 0 Å². The Labute approximate surface area is 115 Å². The van der Waals surface area contributed by atoms with Crippen molar-refractivity contribution in [1.29, 1.82) is 0 Å². The van der Waals surface area contributed by atoms with Crippen LogP contribution >= 0.6 is 0 Å². The molecule has 0 spiro atoms. The van der Waals surface area contributed by atoms with Crippen LogP contribution in [0.4, 0.5) is 11.4 Å². The van der Waals surface area contributed by atoms with Crippen LogP contribution < -0.4 is 5.32 Å². The second kappa shape index (κ2) is 5.87. The maximum atomic E-state index is 11.0. The molecule has 0 heterocycles. The fourth-order valence-electron chi connectivity index (χ4n) is 2.52. The lowest BCUT2D eigenvalue weighted by Gasteiger charge is -2.20. The Morgan fingerprint density at radius 1 is 1.50 bits per heavy atom. The second-order valence-electron chi connectivity index (χ2n) is 4.75. The molecule has 7 heteroatoms. The van der Waals surface area contributed by atoms with Crippen LogP contribution in [-0.4, -0.2) is 35.3 Å². The maximum absolute atomic E-state index is 11.0. The summed E-state index contributed by atoms with van der Waals surface area (Å²) >= 11 is 0. The fourth-order valence-corrected chi connectivity index (χ4v) is 2.52. The number of hydrogen-bond donors (Lipinski definition) is 2. The number of hydrogen-bond acceptors (Lipinski definition) is 5. The van der Waals surface area contributed by atoms with Crippen LogP contribution in [0.25, 0.3) is 0 Å². The van der Waals surface area contributed by atoms with Crippen molar-refractivity contribution < 1.29 is 19.6 Å². The molecular formula is C13H16N2O5. The predicted octanol–water partition coefficient (Wildman–Crippen LogP) is 2.27. The average molecular weight is 280 g/mol. The van der Waals surface area contributed by atoms with E-state index in [1.165, 1.54) is 18.2 Å². The number of nitrogens with one attached hydrogen (secondary N) is 1. The summed E-state index contributed by atoms with van der Waals surface area (Å²) < 4.78 is 5.33. The van der Waals surface area contributed by atoms with Crippen LogP contribution in [0.5, 0.6) is 0 Å². The topological polar surface area (TPSA) is 102 Å². The molecule has 1 aliphatic rings. The third-order valence-electron chi connectivity index (χ3n) is 3.54. The fraction of sp³-hybridized carbons (Fsp3) is 0.462. The first-order chi connectivity index (χ1) is 9.52. The van der Waals surface area contributed by atoms with Crippen molar-refractivity contribution in [3.05, 3.63) is 33.9 Å². The summed E-state index contributed by atoms with van der Waals surface area (Å²) in [6, 6.07) is 3.70. The van der Waals surface area contributed by atoms with E-state index in [4.69, 9.17) is 9.84 Å². The average Bonchev–Trinajstić information content (AvgIpc) is 2.85. The van der Waals surface area contributed by atoms with E-state index in [0.717, 1.165) is 19.3 Å². The molecule has 7 nitrogen and oxygen atoms in total. The van der Waals surface area contributed by atoms with Crippen LogP contribution in [0.1, 0.15) is 29.6 Å². The molecule has 2 unspecified atom stereocenters. The molecule has 0 amide bonds. The highest BCUT2D eigenvalue weighted by Gasteiger charge is 2.29. The van der Waals surface area contributed by atoms with Gasteiger partial charge in [-0.15, -0.1) is 0 Å². The molecule has 2 atom stereocenters. The summed E-state index contributed by atoms with van der Waals surface area (Å²) in [5.41, 5.74) is 0.116. The normalized spacial score (nSPS) is 21.6. The van der Waals surface area contributed by atoms with Crippen LogP contribution in [0, 0.1) is 10.1 Å². The molecule has 0 aromatic heterocycles. The zero-order valence-corrected chi connectivity index (χ0v) is 11.0. The van der Waals surface area contributed by atoms with Gasteiger partial charge in [-0.3, -0.25) is 10.1 Å². The zero-order valence-electron chi connectivity index (χ0n) is 11.0. The molecule has 1 aromatic rings. The summed E-state index contributed by atoms with van der Waals surface area (Å²) in [4.78, 5) is 21.5. The van der Waals surface area contributed by atoms with Crippen molar-refractivity contribution in [3.63, 3.8) is 0 Å². The minimum atomic E-state index is -1.11. The number of carboxylic acids is 1. The van der Waals surface area contributed by atoms with Gasteiger partial charge in [-0.05, 0) is 31.4 Å². The third-order valence-corrected chi connectivity index (χ3v) is 3.54. The largest absolute Gasteiger partial charge is 0.478 e. The first kappa shape index (κ1) is 14.3. The van der Waals surface area contributed by atoms with Gasteiger partial charge < -0.3 is 15.2 Å². The Morgan fingerprint density at radius 2 is 2.25 bits per heavy atom. The summed E-state index contributed by atoms with van der Waals surface area (Å²) in [7, 11) is 1.60. The molecule has 108 valence electrons. The van der Waals surface area contributed by atoms with Gasteiger partial charge in [0.25, 0.3) is 5.69 Å². The van der Waals surface area contributed by atoms with Crippen LogP contribution in [0.15, 0.2) is 18.2 Å². The minimum Gasteiger partial charge on any atom is -0.478 e. The predicted molar refractivity (Wildman–Crippen MR) is 72.1 cm³/mol. The zero-order chi connectivity index (χ0) is 14.7. The highest BCUT2D eigenvalue weighted by atomic mass is 16.6. The number of carbonyl (C=O) groups is 1. The summed E-state index contributed by atoms with van der Waals surface area (Å²) in [6.45, 7) is 0. The number of anilines is 1. The Kier molecular flexibility index (Phi) is 4.19. The van der Waals surface area contributed by atoms with E-state index < -0.39 is 10.9 Å². The standard InChI is InChI=1S/C13H16N2O5/c1-20-12-4-2-3-9(12)14-10-7-8(13(16)17)5-6-11(10)15(18)19/h5-7,9,12,14H,2-4H2,1H3,(H,16,17). The molecule has 0 radical (unpaired) electrons. The van der Waals surface area contributed by atoms with Crippen LogP contribution in [-0.2, 0) is 4.74 Å². The molecule has 1 fully saturated rings. The molecule has 0 bridgehead atoms. The molecule has 0 aliphatic heterocycles. The van der Waals surface area contributed by atoms with E-state index in [9.17, 15) is 14.9 Å². The first-order valence-corrected chi connectivity index (χ1v) is 6.34. The highest BCUT2D eigenvalue weighted by Crippen LogP contribution is 2.30. The van der Waals surface area contributed by atoms with Crippen LogP contribution in [0.2, 0.25) is 0 Å². The van der Waals surface area contributed by atoms with E-state index >= 15 is 0 Å². The van der Waals surface area contributed by atoms with E-state index in [0.29, 0.717) is 0 Å². The number of ether oxygens (including phenoxy) is 1. The van der Waals surface area contributed by atoms with Gasteiger partial charge >= 0.3 is 5.97 Å². The molecule has 1 aromatic carbocycles. The first-order valence-electron chi connectivity index (χ1n) is 6.34. The van der Waals surface area contributed by atoms with Crippen molar-refractivity contribution in [2.45, 2.75) is 31.4 Å². The van der Waals surface area contributed by atoms with Gasteiger partial charge in [-0.25, -0.2) is 4.79 Å². The molecule has 20 heavy (non-hydrogen) atoms. The van der Waals surface area contributed by atoms with Gasteiger partial charge in [0.15, 0.2) is 0 Å². The van der Waals surface area contributed by atoms with Crippen molar-refractivity contribution >= 4 is 17.3 Å². The summed E-state index contributed by atoms with van der Waals surface area (Å²) in [5, 5.41) is 23.0. The van der Waals surface area contributed by atoms with Gasteiger partial charge in [0, 0.05) is 13.2 Å². The lowest BCUT2D eigenvalue weighted by atomic mass is 10.1. The molecule has 0 saturated heterocycles. The number of benzene rings is 1. The Balaban J connectivity index is 2.30. The Hall–Kier alpha value is -2.15. The lowest BCUT2D eigenvalue weighted by molar-refractivity contribution is -0.384. The monoisotopic (exact) mass is 280 g/mol. The van der Waals surface area contributed by atoms with Gasteiger partial charge in [0.2, 0.25) is 0 Å². The van der Waals surface area contributed by atoms with Crippen molar-refractivity contribution in [2.75, 3.05) is 12.4 Å². The molecule has 1 aliphatic carbocycles. The second-order valence-corrected chi connectivity index (χ2v) is 4.75. The maximum Gasteiger partial charge on any atom is 0.335 e. The Bertz CT molecular complexity index is 531. The summed E-state index contributed by atoms with van der Waals surface area (Å²) in [5.74, 6) is -1.11. The quantitative estimate of drug-likeness (QED) is 0.633. The molecular weight excluding hydrogens is 264 g/mol. The number of aromatic carboxylic acids is 1. The third kappa shape index (κ3) is 2.88. The van der Waals surface area contributed by atoms with Crippen molar-refractivity contribution in [1.82, 2.24) is 0 Å². The highest BCUT2D eigenvalue weighted by molar-refractivity contribution is 5.90. The van der Waals surface area contributed by atoms with Gasteiger partial charge in [-0.2, -0.15) is 0 Å². The van der Waals surface area contributed by atoms with Gasteiger partial charge in [0.05, 0.1) is 22.6 Å². The number of carboxylic acid groups (broad SMARTS) is 1. The molecule has 2 rings (SSSR count). The number of nitrogens with zero attached hydrogens (tertiary/aromatic N) is 1. The number of rotatable bonds is 5. The Morgan fingerprint density at radius 3 is 2.85 bits per heavy atom. The van der Waals surface area contributed by atoms with E-state index in [1.807, 2.05) is 0 Å². The number of methoxy groups -OCH3 is 1. The lowest BCUT2D eigenvalue weighted by Crippen LogP contribution is -2.30. The minimum absolute atomic E-state index is 0.0110. The van der Waals surface area contributed by atoms with Gasteiger partial charge in [-0.1, -0.05) is 0 Å². The van der Waals surface area contributed by atoms with E-state index in [1.54, 1.807) is 7.11 Å². The molecule has 2 N–H and O–H groups in total. The number of nitro groups is 1. The van der Waals surface area contributed by atoms with E-state index in [2.05, 4.69) is 5.32 Å². The SMILES string of the molecule is COC1CCCC1Nc1cc(C(=O)O)ccc1[N+](=O)[O-]. The van der Waals surface area contributed by atoms with Crippen molar-refractivity contribution in [3.8, 4) is 0 Å². The van der Waals surface area contributed by atoms with Gasteiger partial charge in [0.1, 0.15) is 5.69 Å². The van der Waals surface area contributed by atoms with Crippen LogP contribution in [0.3, 0.4) is 0 Å². The smallest absolute Gasteiger partial charge is 0.335 e. The summed E-state index contributed by atoms with van der Waals surface area (Å²) in [6.07, 6.45) is 2.69. The van der Waals surface area contributed by atoms with E-state index in [-0.39, 0.29) is 29.1 Å². The molecule has 1 saturated carbocycles. The number of nitro benzene ring substituents is 1.